The van der Waals surface area contributed by atoms with E-state index in [2.05, 4.69) is 17.5 Å². The van der Waals surface area contributed by atoms with E-state index in [9.17, 15) is 4.79 Å². The lowest BCUT2D eigenvalue weighted by Gasteiger charge is -2.25. The third-order valence-electron chi connectivity index (χ3n) is 3.51. The van der Waals surface area contributed by atoms with E-state index in [1.165, 1.54) is 0 Å². The van der Waals surface area contributed by atoms with Crippen molar-refractivity contribution >= 4 is 17.4 Å². The number of amides is 1. The molecule has 1 atom stereocenters. The fourth-order valence-electron chi connectivity index (χ4n) is 2.33. The molecule has 1 amide bonds. The van der Waals surface area contributed by atoms with Crippen molar-refractivity contribution < 1.29 is 9.53 Å². The highest BCUT2D eigenvalue weighted by atomic mass is 32.1. The maximum Gasteiger partial charge on any atom is 0.410 e. The second-order valence-corrected chi connectivity index (χ2v) is 7.96. The summed E-state index contributed by atoms with van der Waals surface area (Å²) in [5, 5.41) is 2.12. The number of hydrogen-bond acceptors (Lipinski definition) is 4. The molecular weight excluding hydrogens is 320 g/mol. The first kappa shape index (κ1) is 18.5. The monoisotopic (exact) mass is 346 g/mol. The van der Waals surface area contributed by atoms with Gasteiger partial charge in [0, 0.05) is 24.5 Å². The molecule has 0 saturated carbocycles. The topological polar surface area (TPSA) is 55.6 Å². The molecule has 0 spiro atoms. The summed E-state index contributed by atoms with van der Waals surface area (Å²) in [6, 6.07) is 10.3. The van der Waals surface area contributed by atoms with Crippen molar-refractivity contribution in [2.75, 3.05) is 7.05 Å². The number of thiophene rings is 1. The molecular formula is C19H26N2O2S. The minimum absolute atomic E-state index is 0.0281. The molecule has 0 radical (unpaired) electrons. The van der Waals surface area contributed by atoms with E-state index < -0.39 is 5.60 Å². The van der Waals surface area contributed by atoms with Crippen molar-refractivity contribution in [3.05, 3.63) is 46.2 Å². The van der Waals surface area contributed by atoms with E-state index >= 15 is 0 Å². The molecule has 2 N–H and O–H groups in total. The molecule has 24 heavy (non-hydrogen) atoms. The molecule has 0 saturated heterocycles. The number of hydrogen-bond donors (Lipinski definition) is 1. The summed E-state index contributed by atoms with van der Waals surface area (Å²) in [6.45, 7) is 8.08. The molecule has 0 fully saturated rings. The maximum atomic E-state index is 12.2. The fourth-order valence-corrected chi connectivity index (χ4v) is 3.20. The smallest absolute Gasteiger partial charge is 0.410 e. The van der Waals surface area contributed by atoms with Gasteiger partial charge in [0.15, 0.2) is 0 Å². The van der Waals surface area contributed by atoms with E-state index in [0.29, 0.717) is 6.54 Å². The van der Waals surface area contributed by atoms with Gasteiger partial charge in [0.05, 0.1) is 0 Å². The normalized spacial score (nSPS) is 12.8. The van der Waals surface area contributed by atoms with Crippen LogP contribution >= 0.6 is 11.3 Å². The summed E-state index contributed by atoms with van der Waals surface area (Å²) in [5.74, 6) is 0. The Bertz CT molecular complexity index is 701. The highest BCUT2D eigenvalue weighted by Crippen LogP contribution is 2.31. The van der Waals surface area contributed by atoms with Crippen LogP contribution in [0.15, 0.2) is 35.7 Å². The summed E-state index contributed by atoms with van der Waals surface area (Å²) < 4.78 is 5.43. The minimum Gasteiger partial charge on any atom is -0.444 e. The quantitative estimate of drug-likeness (QED) is 0.865. The Morgan fingerprint density at radius 2 is 2.00 bits per heavy atom. The first-order chi connectivity index (χ1) is 11.2. The number of ether oxygens (including phenoxy) is 1. The zero-order valence-electron chi connectivity index (χ0n) is 15.0. The predicted molar refractivity (Wildman–Crippen MR) is 100 cm³/mol. The Morgan fingerprint density at radius 1 is 1.33 bits per heavy atom. The summed E-state index contributed by atoms with van der Waals surface area (Å²) in [6.07, 6.45) is -0.320. The molecule has 0 bridgehead atoms. The van der Waals surface area contributed by atoms with E-state index in [1.54, 1.807) is 23.3 Å². The average Bonchev–Trinajstić information content (AvgIpc) is 2.96. The number of rotatable bonds is 4. The van der Waals surface area contributed by atoms with Crippen molar-refractivity contribution in [1.82, 2.24) is 4.90 Å². The lowest BCUT2D eigenvalue weighted by molar-refractivity contribution is 0.0285. The van der Waals surface area contributed by atoms with Gasteiger partial charge in [-0.15, -0.1) is 11.3 Å². The SMILES string of the molecule is CC(N)c1cc(-c2ccccc2CN(C)C(=O)OC(C)(C)C)cs1. The van der Waals surface area contributed by atoms with Crippen molar-refractivity contribution in [1.29, 1.82) is 0 Å². The van der Waals surface area contributed by atoms with Crippen LogP contribution < -0.4 is 5.73 Å². The molecule has 1 aromatic carbocycles. The third-order valence-corrected chi connectivity index (χ3v) is 4.64. The number of benzene rings is 1. The van der Waals surface area contributed by atoms with Gasteiger partial charge in [0.1, 0.15) is 5.60 Å². The van der Waals surface area contributed by atoms with Gasteiger partial charge in [0.25, 0.3) is 0 Å². The Labute approximate surface area is 148 Å². The highest BCUT2D eigenvalue weighted by molar-refractivity contribution is 7.10. The fraction of sp³-hybridized carbons (Fsp3) is 0.421. The van der Waals surface area contributed by atoms with Crippen molar-refractivity contribution in [3.63, 3.8) is 0 Å². The number of carbonyl (C=O) groups excluding carboxylic acids is 1. The maximum absolute atomic E-state index is 12.2. The summed E-state index contributed by atoms with van der Waals surface area (Å²) in [4.78, 5) is 14.9. The molecule has 1 heterocycles. The van der Waals surface area contributed by atoms with Crippen molar-refractivity contribution in [2.45, 2.75) is 45.9 Å². The predicted octanol–water partition coefficient (Wildman–Crippen LogP) is 4.80. The van der Waals surface area contributed by atoms with E-state index in [1.807, 2.05) is 45.9 Å². The standard InChI is InChI=1S/C19H26N2O2S/c1-13(20)17-10-15(12-24-17)16-9-7-6-8-14(16)11-21(5)18(22)23-19(2,3)4/h6-10,12-13H,11,20H2,1-5H3. The largest absolute Gasteiger partial charge is 0.444 e. The lowest BCUT2D eigenvalue weighted by atomic mass is 10.0. The van der Waals surface area contributed by atoms with Gasteiger partial charge in [0.2, 0.25) is 0 Å². The Balaban J connectivity index is 2.21. The van der Waals surface area contributed by atoms with Gasteiger partial charge in [-0.1, -0.05) is 24.3 Å². The first-order valence-electron chi connectivity index (χ1n) is 8.04. The van der Waals surface area contributed by atoms with Gasteiger partial charge >= 0.3 is 6.09 Å². The van der Waals surface area contributed by atoms with Crippen molar-refractivity contribution in [3.8, 4) is 11.1 Å². The second kappa shape index (κ2) is 7.36. The zero-order chi connectivity index (χ0) is 17.9. The molecule has 130 valence electrons. The van der Waals surface area contributed by atoms with E-state index in [-0.39, 0.29) is 12.1 Å². The molecule has 4 nitrogen and oxygen atoms in total. The number of carbonyl (C=O) groups is 1. The Hall–Kier alpha value is -1.85. The van der Waals surface area contributed by atoms with Gasteiger partial charge < -0.3 is 15.4 Å². The average molecular weight is 346 g/mol. The lowest BCUT2D eigenvalue weighted by Crippen LogP contribution is -2.33. The third kappa shape index (κ3) is 4.82. The Morgan fingerprint density at radius 3 is 2.58 bits per heavy atom. The van der Waals surface area contributed by atoms with Crippen LogP contribution in [-0.2, 0) is 11.3 Å². The summed E-state index contributed by atoms with van der Waals surface area (Å²) in [7, 11) is 1.76. The zero-order valence-corrected chi connectivity index (χ0v) is 15.8. The number of nitrogens with two attached hydrogens (primary N) is 1. The van der Waals surface area contributed by atoms with Crippen LogP contribution in [0.3, 0.4) is 0 Å². The highest BCUT2D eigenvalue weighted by Gasteiger charge is 2.20. The molecule has 2 rings (SSSR count). The van der Waals surface area contributed by atoms with Crippen LogP contribution in [0.5, 0.6) is 0 Å². The molecule has 1 unspecified atom stereocenters. The first-order valence-corrected chi connectivity index (χ1v) is 8.92. The second-order valence-electron chi connectivity index (χ2n) is 7.02. The molecule has 2 aromatic rings. The molecule has 0 aliphatic rings. The van der Waals surface area contributed by atoms with Gasteiger partial charge in [-0.2, -0.15) is 0 Å². The summed E-state index contributed by atoms with van der Waals surface area (Å²) >= 11 is 1.66. The van der Waals surface area contributed by atoms with E-state index in [4.69, 9.17) is 10.5 Å². The molecule has 0 aliphatic heterocycles. The van der Waals surface area contributed by atoms with Crippen molar-refractivity contribution in [2.24, 2.45) is 5.73 Å². The van der Waals surface area contributed by atoms with Crippen LogP contribution in [0.1, 0.15) is 44.2 Å². The molecule has 1 aromatic heterocycles. The van der Waals surface area contributed by atoms with Gasteiger partial charge in [-0.05, 0) is 55.8 Å². The van der Waals surface area contributed by atoms with Gasteiger partial charge in [-0.3, -0.25) is 0 Å². The molecule has 0 aliphatic carbocycles. The van der Waals surface area contributed by atoms with Crippen LogP contribution in [0.4, 0.5) is 4.79 Å². The van der Waals surface area contributed by atoms with Crippen LogP contribution in [-0.4, -0.2) is 23.6 Å². The van der Waals surface area contributed by atoms with E-state index in [0.717, 1.165) is 21.6 Å². The molecule has 5 heteroatoms. The van der Waals surface area contributed by atoms with Crippen LogP contribution in [0.2, 0.25) is 0 Å². The minimum atomic E-state index is -0.496. The summed E-state index contributed by atoms with van der Waals surface area (Å²) in [5.41, 5.74) is 8.81. The van der Waals surface area contributed by atoms with Crippen LogP contribution in [0.25, 0.3) is 11.1 Å². The van der Waals surface area contributed by atoms with Crippen LogP contribution in [0, 0.1) is 0 Å². The van der Waals surface area contributed by atoms with Gasteiger partial charge in [-0.25, -0.2) is 4.79 Å². The number of nitrogens with zero attached hydrogens (tertiary/aromatic N) is 1. The Kier molecular flexibility index (Phi) is 5.67.